The molecule has 1 heterocycles. The molecule has 1 saturated heterocycles. The van der Waals surface area contributed by atoms with Gasteiger partial charge in [0, 0.05) is 25.2 Å². The first-order valence-corrected chi connectivity index (χ1v) is 10.9. The molecule has 27 heavy (non-hydrogen) atoms. The topological polar surface area (TPSA) is 30.5 Å². The molecule has 0 amide bonds. The maximum atomic E-state index is 6.05. The normalized spacial score (nSPS) is 32.1. The van der Waals surface area contributed by atoms with Crippen molar-refractivity contribution in [3.05, 3.63) is 35.9 Å². The summed E-state index contributed by atoms with van der Waals surface area (Å²) in [6.07, 6.45) is 8.89. The molecular formula is C24H39NO2. The van der Waals surface area contributed by atoms with E-state index in [1.807, 2.05) is 7.11 Å². The van der Waals surface area contributed by atoms with Crippen molar-refractivity contribution in [2.75, 3.05) is 20.3 Å². The van der Waals surface area contributed by atoms with Gasteiger partial charge in [0.2, 0.25) is 0 Å². The molecule has 3 rings (SSSR count). The minimum absolute atomic E-state index is 0.0434. The molecule has 2 fully saturated rings. The maximum Gasteiger partial charge on any atom is 0.0635 e. The van der Waals surface area contributed by atoms with Crippen LogP contribution in [0.4, 0.5) is 0 Å². The fourth-order valence-electron chi connectivity index (χ4n) is 5.40. The van der Waals surface area contributed by atoms with Gasteiger partial charge in [-0.2, -0.15) is 0 Å². The zero-order valence-electron chi connectivity index (χ0n) is 17.8. The second-order valence-corrected chi connectivity index (χ2v) is 9.45. The Kier molecular flexibility index (Phi) is 6.99. The number of methoxy groups -OCH3 is 1. The Balaban J connectivity index is 1.59. The second kappa shape index (κ2) is 9.07. The van der Waals surface area contributed by atoms with Gasteiger partial charge < -0.3 is 14.8 Å². The van der Waals surface area contributed by atoms with Crippen LogP contribution in [0.3, 0.4) is 0 Å². The van der Waals surface area contributed by atoms with Crippen molar-refractivity contribution in [3.63, 3.8) is 0 Å². The van der Waals surface area contributed by atoms with Gasteiger partial charge in [-0.1, -0.05) is 30.3 Å². The van der Waals surface area contributed by atoms with Crippen LogP contribution in [0, 0.1) is 5.92 Å². The molecule has 1 aromatic carbocycles. The Labute approximate surface area is 166 Å². The molecule has 1 aliphatic heterocycles. The fraction of sp³-hybridized carbons (Fsp3) is 0.750. The number of hydrogen-bond donors (Lipinski definition) is 1. The van der Waals surface area contributed by atoms with E-state index in [0.717, 1.165) is 31.9 Å². The van der Waals surface area contributed by atoms with E-state index in [9.17, 15) is 0 Å². The van der Waals surface area contributed by atoms with Crippen LogP contribution in [-0.2, 0) is 14.9 Å². The lowest BCUT2D eigenvalue weighted by molar-refractivity contribution is -0.0841. The predicted octanol–water partition coefficient (Wildman–Crippen LogP) is 5.09. The summed E-state index contributed by atoms with van der Waals surface area (Å²) in [5.41, 5.74) is 1.67. The molecule has 2 unspecified atom stereocenters. The van der Waals surface area contributed by atoms with E-state index >= 15 is 0 Å². The van der Waals surface area contributed by atoms with E-state index in [1.54, 1.807) is 0 Å². The van der Waals surface area contributed by atoms with Gasteiger partial charge >= 0.3 is 0 Å². The lowest BCUT2D eigenvalue weighted by atomic mass is 9.67. The third-order valence-corrected chi connectivity index (χ3v) is 7.05. The highest BCUT2D eigenvalue weighted by Gasteiger charge is 2.41. The number of benzene rings is 1. The molecule has 0 aromatic heterocycles. The van der Waals surface area contributed by atoms with Crippen LogP contribution < -0.4 is 5.32 Å². The average molecular weight is 374 g/mol. The third kappa shape index (κ3) is 5.34. The van der Waals surface area contributed by atoms with Gasteiger partial charge in [0.25, 0.3) is 0 Å². The summed E-state index contributed by atoms with van der Waals surface area (Å²) in [5.74, 6) is 0.787. The van der Waals surface area contributed by atoms with Gasteiger partial charge in [0.05, 0.1) is 11.7 Å². The lowest BCUT2D eigenvalue weighted by Crippen LogP contribution is -2.46. The van der Waals surface area contributed by atoms with Crippen LogP contribution >= 0.6 is 0 Å². The Morgan fingerprint density at radius 3 is 2.48 bits per heavy atom. The van der Waals surface area contributed by atoms with Gasteiger partial charge in [-0.3, -0.25) is 0 Å². The number of ether oxygens (including phenoxy) is 2. The van der Waals surface area contributed by atoms with Crippen molar-refractivity contribution >= 4 is 0 Å². The quantitative estimate of drug-likeness (QED) is 0.722. The summed E-state index contributed by atoms with van der Waals surface area (Å²) >= 11 is 0. The van der Waals surface area contributed by atoms with Crippen molar-refractivity contribution in [2.45, 2.75) is 88.9 Å². The summed E-state index contributed by atoms with van der Waals surface area (Å²) in [4.78, 5) is 0. The van der Waals surface area contributed by atoms with Crippen LogP contribution in [0.1, 0.15) is 71.3 Å². The highest BCUT2D eigenvalue weighted by Crippen LogP contribution is 2.43. The van der Waals surface area contributed by atoms with E-state index in [2.05, 4.69) is 56.4 Å². The molecule has 152 valence electrons. The molecule has 1 aromatic rings. The van der Waals surface area contributed by atoms with Gasteiger partial charge in [0.15, 0.2) is 0 Å². The van der Waals surface area contributed by atoms with Crippen LogP contribution in [0.2, 0.25) is 0 Å². The maximum absolute atomic E-state index is 6.05. The molecule has 0 radical (unpaired) electrons. The zero-order chi connectivity index (χ0) is 19.3. The van der Waals surface area contributed by atoms with Crippen molar-refractivity contribution < 1.29 is 9.47 Å². The molecule has 1 N–H and O–H groups in total. The van der Waals surface area contributed by atoms with Crippen molar-refractivity contribution in [1.29, 1.82) is 0 Å². The fourth-order valence-corrected chi connectivity index (χ4v) is 5.40. The molecule has 3 heteroatoms. The molecule has 1 aliphatic carbocycles. The summed E-state index contributed by atoms with van der Waals surface area (Å²) in [5, 5.41) is 3.87. The monoisotopic (exact) mass is 373 g/mol. The first-order valence-electron chi connectivity index (χ1n) is 10.9. The van der Waals surface area contributed by atoms with E-state index in [0.29, 0.717) is 12.1 Å². The summed E-state index contributed by atoms with van der Waals surface area (Å²) in [6, 6.07) is 11.7. The highest BCUT2D eigenvalue weighted by molar-refractivity contribution is 5.27. The van der Waals surface area contributed by atoms with E-state index in [-0.39, 0.29) is 11.0 Å². The Morgan fingerprint density at radius 1 is 1.15 bits per heavy atom. The Bertz CT molecular complexity index is 565. The van der Waals surface area contributed by atoms with Gasteiger partial charge in [-0.15, -0.1) is 0 Å². The largest absolute Gasteiger partial charge is 0.381 e. The first-order chi connectivity index (χ1) is 12.9. The van der Waals surface area contributed by atoms with Gasteiger partial charge in [-0.05, 0) is 83.7 Å². The number of nitrogens with one attached hydrogen (secondary N) is 1. The SMILES string of the molecule is COC1CCC(C(C)NCCC2(c3ccccc3)CCOC(C)(C)C2)CC1. The average Bonchev–Trinajstić information content (AvgIpc) is 2.68. The highest BCUT2D eigenvalue weighted by atomic mass is 16.5. The molecule has 0 spiro atoms. The van der Waals surface area contributed by atoms with Gasteiger partial charge in [-0.25, -0.2) is 0 Å². The van der Waals surface area contributed by atoms with Gasteiger partial charge in [0.1, 0.15) is 0 Å². The summed E-state index contributed by atoms with van der Waals surface area (Å²) in [6.45, 7) is 8.80. The minimum Gasteiger partial charge on any atom is -0.381 e. The summed E-state index contributed by atoms with van der Waals surface area (Å²) < 4.78 is 11.6. The van der Waals surface area contributed by atoms with Crippen LogP contribution in [0.15, 0.2) is 30.3 Å². The van der Waals surface area contributed by atoms with E-state index in [4.69, 9.17) is 9.47 Å². The van der Waals surface area contributed by atoms with E-state index < -0.39 is 0 Å². The minimum atomic E-state index is -0.0434. The third-order valence-electron chi connectivity index (χ3n) is 7.05. The summed E-state index contributed by atoms with van der Waals surface area (Å²) in [7, 11) is 1.85. The Morgan fingerprint density at radius 2 is 1.85 bits per heavy atom. The molecule has 1 saturated carbocycles. The molecule has 0 bridgehead atoms. The van der Waals surface area contributed by atoms with Crippen LogP contribution in [-0.4, -0.2) is 38.0 Å². The van der Waals surface area contributed by atoms with Crippen LogP contribution in [0.5, 0.6) is 0 Å². The molecular weight excluding hydrogens is 334 g/mol. The first kappa shape index (κ1) is 20.8. The second-order valence-electron chi connectivity index (χ2n) is 9.45. The standard InChI is InChI=1S/C24H39NO2/c1-19(20-10-12-22(26-4)13-11-20)25-16-14-24(21-8-6-5-7-9-21)15-17-27-23(2,3)18-24/h5-9,19-20,22,25H,10-18H2,1-4H3. The van der Waals surface area contributed by atoms with Crippen molar-refractivity contribution in [3.8, 4) is 0 Å². The van der Waals surface area contributed by atoms with Crippen molar-refractivity contribution in [1.82, 2.24) is 5.32 Å². The van der Waals surface area contributed by atoms with Crippen LogP contribution in [0.25, 0.3) is 0 Å². The molecule has 3 nitrogen and oxygen atoms in total. The Hall–Kier alpha value is -0.900. The lowest BCUT2D eigenvalue weighted by Gasteiger charge is -2.46. The predicted molar refractivity (Wildman–Crippen MR) is 112 cm³/mol. The molecule has 2 atom stereocenters. The molecule has 2 aliphatic rings. The smallest absolute Gasteiger partial charge is 0.0635 e. The van der Waals surface area contributed by atoms with E-state index in [1.165, 1.54) is 37.7 Å². The number of rotatable bonds is 7. The van der Waals surface area contributed by atoms with Crippen molar-refractivity contribution in [2.24, 2.45) is 5.92 Å². The zero-order valence-corrected chi connectivity index (χ0v) is 17.8. The number of hydrogen-bond acceptors (Lipinski definition) is 3.